The van der Waals surface area contributed by atoms with Crippen LogP contribution in [0.15, 0.2) is 48.5 Å². The third-order valence-electron chi connectivity index (χ3n) is 5.03. The van der Waals surface area contributed by atoms with E-state index < -0.39 is 0 Å². The number of ether oxygens (including phenoxy) is 3. The number of likely N-dealkylation sites (tertiary alicyclic amines) is 1. The van der Waals surface area contributed by atoms with Gasteiger partial charge in [0.15, 0.2) is 0 Å². The summed E-state index contributed by atoms with van der Waals surface area (Å²) in [4.78, 5) is 26.6. The van der Waals surface area contributed by atoms with E-state index in [4.69, 9.17) is 14.2 Å². The fraction of sp³-hybridized carbons (Fsp3) is 0.364. The molecule has 154 valence electrons. The lowest BCUT2D eigenvalue weighted by Crippen LogP contribution is -2.42. The normalized spacial score (nSPS) is 14.2. The Morgan fingerprint density at radius 3 is 2.17 bits per heavy atom. The van der Waals surface area contributed by atoms with Gasteiger partial charge in [-0.3, -0.25) is 4.79 Å². The van der Waals surface area contributed by atoms with Crippen LogP contribution < -0.4 is 19.5 Å². The number of amides is 2. The van der Waals surface area contributed by atoms with Crippen LogP contribution in [-0.2, 0) is 0 Å². The van der Waals surface area contributed by atoms with Crippen molar-refractivity contribution in [2.75, 3.05) is 33.9 Å². The molecule has 2 amide bonds. The van der Waals surface area contributed by atoms with Crippen LogP contribution in [0.2, 0.25) is 0 Å². The van der Waals surface area contributed by atoms with E-state index in [0.717, 1.165) is 12.8 Å². The predicted molar refractivity (Wildman–Crippen MR) is 109 cm³/mol. The maximum Gasteiger partial charge on any atom is 0.415 e. The van der Waals surface area contributed by atoms with Crippen molar-refractivity contribution in [2.24, 2.45) is 5.92 Å². The van der Waals surface area contributed by atoms with Crippen molar-refractivity contribution >= 4 is 12.0 Å². The zero-order chi connectivity index (χ0) is 20.6. The number of carbonyl (C=O) groups is 2. The SMILES string of the molecule is COc1cccc(OC)c1C(=O)NCC1CCN(C(=O)Oc2ccccc2)CC1. The molecule has 0 unspecified atom stereocenters. The van der Waals surface area contributed by atoms with E-state index in [9.17, 15) is 9.59 Å². The highest BCUT2D eigenvalue weighted by molar-refractivity contribution is 5.99. The van der Waals surface area contributed by atoms with Crippen LogP contribution in [0.3, 0.4) is 0 Å². The van der Waals surface area contributed by atoms with Crippen LogP contribution in [0, 0.1) is 5.92 Å². The molecule has 2 aromatic rings. The number of nitrogens with zero attached hydrogens (tertiary/aromatic N) is 1. The topological polar surface area (TPSA) is 77.1 Å². The molecule has 29 heavy (non-hydrogen) atoms. The Labute approximate surface area is 170 Å². The van der Waals surface area contributed by atoms with Crippen molar-refractivity contribution in [1.82, 2.24) is 10.2 Å². The molecule has 7 heteroatoms. The molecule has 0 atom stereocenters. The molecular weight excluding hydrogens is 372 g/mol. The van der Waals surface area contributed by atoms with Gasteiger partial charge < -0.3 is 24.4 Å². The molecule has 1 heterocycles. The molecular formula is C22H26N2O5. The average molecular weight is 398 g/mol. The van der Waals surface area contributed by atoms with Gasteiger partial charge in [-0.05, 0) is 43.0 Å². The minimum absolute atomic E-state index is 0.231. The van der Waals surface area contributed by atoms with Gasteiger partial charge >= 0.3 is 6.09 Å². The number of carbonyl (C=O) groups excluding carboxylic acids is 2. The van der Waals surface area contributed by atoms with Crippen molar-refractivity contribution < 1.29 is 23.8 Å². The van der Waals surface area contributed by atoms with Crippen LogP contribution in [-0.4, -0.2) is 50.8 Å². The third-order valence-corrected chi connectivity index (χ3v) is 5.03. The van der Waals surface area contributed by atoms with Crippen LogP contribution in [0.5, 0.6) is 17.2 Å². The average Bonchev–Trinajstić information content (AvgIpc) is 2.77. The van der Waals surface area contributed by atoms with Crippen LogP contribution in [0.25, 0.3) is 0 Å². The van der Waals surface area contributed by atoms with Gasteiger partial charge in [0, 0.05) is 19.6 Å². The molecule has 0 aliphatic carbocycles. The van der Waals surface area contributed by atoms with Crippen molar-refractivity contribution in [2.45, 2.75) is 12.8 Å². The van der Waals surface area contributed by atoms with Crippen molar-refractivity contribution in [3.63, 3.8) is 0 Å². The molecule has 1 fully saturated rings. The summed E-state index contributed by atoms with van der Waals surface area (Å²) < 4.78 is 16.0. The first-order valence-electron chi connectivity index (χ1n) is 9.63. The van der Waals surface area contributed by atoms with Gasteiger partial charge in [0.1, 0.15) is 22.8 Å². The molecule has 1 aliphatic heterocycles. The van der Waals surface area contributed by atoms with Crippen molar-refractivity contribution in [1.29, 1.82) is 0 Å². The Bertz CT molecular complexity index is 810. The fourth-order valence-electron chi connectivity index (χ4n) is 3.37. The summed E-state index contributed by atoms with van der Waals surface area (Å²) in [5.41, 5.74) is 0.390. The molecule has 0 bridgehead atoms. The Hall–Kier alpha value is -3.22. The number of rotatable bonds is 6. The van der Waals surface area contributed by atoms with E-state index in [1.54, 1.807) is 35.2 Å². The first-order chi connectivity index (χ1) is 14.1. The highest BCUT2D eigenvalue weighted by Gasteiger charge is 2.25. The fourth-order valence-corrected chi connectivity index (χ4v) is 3.37. The minimum Gasteiger partial charge on any atom is -0.496 e. The van der Waals surface area contributed by atoms with E-state index in [1.165, 1.54) is 14.2 Å². The quantitative estimate of drug-likeness (QED) is 0.808. The second kappa shape index (κ2) is 9.82. The number of para-hydroxylation sites is 1. The van der Waals surface area contributed by atoms with E-state index in [2.05, 4.69) is 5.32 Å². The predicted octanol–water partition coefficient (Wildman–Crippen LogP) is 3.34. The maximum atomic E-state index is 12.7. The summed E-state index contributed by atoms with van der Waals surface area (Å²) in [5.74, 6) is 1.55. The van der Waals surface area contributed by atoms with E-state index in [0.29, 0.717) is 48.4 Å². The summed E-state index contributed by atoms with van der Waals surface area (Å²) >= 11 is 0. The lowest BCUT2D eigenvalue weighted by Gasteiger charge is -2.31. The van der Waals surface area contributed by atoms with E-state index in [-0.39, 0.29) is 12.0 Å². The van der Waals surface area contributed by atoms with Gasteiger partial charge in [-0.2, -0.15) is 0 Å². The highest BCUT2D eigenvalue weighted by atomic mass is 16.6. The number of hydrogen-bond acceptors (Lipinski definition) is 5. The van der Waals surface area contributed by atoms with Gasteiger partial charge in [-0.25, -0.2) is 4.79 Å². The van der Waals surface area contributed by atoms with Gasteiger partial charge in [-0.15, -0.1) is 0 Å². The summed E-state index contributed by atoms with van der Waals surface area (Å²) in [7, 11) is 3.05. The van der Waals surface area contributed by atoms with Gasteiger partial charge in [0.25, 0.3) is 5.91 Å². The zero-order valence-electron chi connectivity index (χ0n) is 16.7. The summed E-state index contributed by atoms with van der Waals surface area (Å²) in [6, 6.07) is 14.3. The molecule has 1 N–H and O–H groups in total. The Morgan fingerprint density at radius 2 is 1.59 bits per heavy atom. The van der Waals surface area contributed by atoms with Crippen molar-refractivity contribution in [3.05, 3.63) is 54.1 Å². The summed E-state index contributed by atoms with van der Waals surface area (Å²) in [6.07, 6.45) is 1.26. The van der Waals surface area contributed by atoms with Gasteiger partial charge in [0.05, 0.1) is 14.2 Å². The Morgan fingerprint density at radius 1 is 0.966 bits per heavy atom. The van der Waals surface area contributed by atoms with Gasteiger partial charge in [-0.1, -0.05) is 24.3 Å². The Balaban J connectivity index is 1.49. The lowest BCUT2D eigenvalue weighted by molar-refractivity contribution is 0.0925. The second-order valence-electron chi connectivity index (χ2n) is 6.86. The molecule has 0 aromatic heterocycles. The summed E-state index contributed by atoms with van der Waals surface area (Å²) in [5, 5.41) is 2.97. The Kier molecular flexibility index (Phi) is 6.94. The summed E-state index contributed by atoms with van der Waals surface area (Å²) in [6.45, 7) is 1.73. The molecule has 3 rings (SSSR count). The highest BCUT2D eigenvalue weighted by Crippen LogP contribution is 2.28. The molecule has 0 spiro atoms. The molecule has 0 saturated carbocycles. The zero-order valence-corrected chi connectivity index (χ0v) is 16.7. The number of hydrogen-bond donors (Lipinski definition) is 1. The van der Waals surface area contributed by atoms with Crippen LogP contribution in [0.1, 0.15) is 23.2 Å². The standard InChI is InChI=1S/C22H26N2O5/c1-27-18-9-6-10-19(28-2)20(18)21(25)23-15-16-11-13-24(14-12-16)22(26)29-17-7-4-3-5-8-17/h3-10,16H,11-15H2,1-2H3,(H,23,25). The first-order valence-corrected chi connectivity index (χ1v) is 9.63. The van der Waals surface area contributed by atoms with Gasteiger partial charge in [0.2, 0.25) is 0 Å². The smallest absolute Gasteiger partial charge is 0.415 e. The third kappa shape index (κ3) is 5.19. The number of benzene rings is 2. The van der Waals surface area contributed by atoms with Crippen molar-refractivity contribution in [3.8, 4) is 17.2 Å². The molecule has 7 nitrogen and oxygen atoms in total. The minimum atomic E-state index is -0.336. The van der Waals surface area contributed by atoms with Crippen LogP contribution >= 0.6 is 0 Å². The molecule has 1 aliphatic rings. The monoisotopic (exact) mass is 398 g/mol. The largest absolute Gasteiger partial charge is 0.496 e. The number of piperidine rings is 1. The van der Waals surface area contributed by atoms with E-state index >= 15 is 0 Å². The second-order valence-corrected chi connectivity index (χ2v) is 6.86. The molecule has 1 saturated heterocycles. The molecule has 0 radical (unpaired) electrons. The van der Waals surface area contributed by atoms with Crippen LogP contribution in [0.4, 0.5) is 4.79 Å². The first kappa shape index (κ1) is 20.5. The number of nitrogens with one attached hydrogen (secondary N) is 1. The van der Waals surface area contributed by atoms with E-state index in [1.807, 2.05) is 18.2 Å². The molecule has 2 aromatic carbocycles. The lowest BCUT2D eigenvalue weighted by atomic mass is 9.97. The maximum absolute atomic E-state index is 12.7. The number of methoxy groups -OCH3 is 2.